The van der Waals surface area contributed by atoms with Crippen LogP contribution in [0.2, 0.25) is 0 Å². The van der Waals surface area contributed by atoms with Gasteiger partial charge < -0.3 is 9.47 Å². The van der Waals surface area contributed by atoms with Crippen molar-refractivity contribution in [2.45, 2.75) is 83.5 Å². The highest BCUT2D eigenvalue weighted by Crippen LogP contribution is 2.62. The first-order chi connectivity index (χ1) is 10.0. The van der Waals surface area contributed by atoms with E-state index >= 15 is 0 Å². The van der Waals surface area contributed by atoms with Crippen molar-refractivity contribution in [2.24, 2.45) is 17.3 Å². The topological polar surface area (TPSA) is 35.5 Å². The van der Waals surface area contributed by atoms with Gasteiger partial charge in [-0.05, 0) is 64.7 Å². The molecule has 0 aromatic rings. The highest BCUT2D eigenvalue weighted by Gasteiger charge is 2.63. The lowest BCUT2D eigenvalue weighted by molar-refractivity contribution is -0.267. The van der Waals surface area contributed by atoms with Crippen molar-refractivity contribution < 1.29 is 14.3 Å². The Hall–Kier alpha value is -0.830. The molecule has 0 N–H and O–H groups in total. The van der Waals surface area contributed by atoms with Gasteiger partial charge in [0, 0.05) is 5.92 Å². The quantitative estimate of drug-likeness (QED) is 0.536. The van der Waals surface area contributed by atoms with Crippen molar-refractivity contribution in [3.05, 3.63) is 12.7 Å². The largest absolute Gasteiger partial charge is 0.459 e. The lowest BCUT2D eigenvalue weighted by Crippen LogP contribution is -2.65. The van der Waals surface area contributed by atoms with Gasteiger partial charge >= 0.3 is 5.97 Å². The summed E-state index contributed by atoms with van der Waals surface area (Å²) in [5.41, 5.74) is -0.807. The van der Waals surface area contributed by atoms with Crippen LogP contribution >= 0.6 is 0 Å². The highest BCUT2D eigenvalue weighted by molar-refractivity contribution is 5.72. The summed E-state index contributed by atoms with van der Waals surface area (Å²) < 4.78 is 12.2. The molecule has 3 heteroatoms. The third-order valence-corrected chi connectivity index (χ3v) is 6.83. The molecule has 0 radical (unpaired) electrons. The standard InChI is InChI=1S/C19H30O3/c1-7-17(4)10-8-14-18(5)12-15(20)21-16(2,3)13(18)9-11-19(14,6)22-17/h7,13-14H,1,8-12H2,2-6H3/t13-,14+,17+,18-,19+/m1/s1. The Morgan fingerprint density at radius 3 is 2.36 bits per heavy atom. The Balaban J connectivity index is 1.98. The molecule has 0 spiro atoms. The minimum absolute atomic E-state index is 0.0334. The summed E-state index contributed by atoms with van der Waals surface area (Å²) in [5.74, 6) is 0.761. The predicted molar refractivity (Wildman–Crippen MR) is 86.4 cm³/mol. The second-order valence-corrected chi connectivity index (χ2v) is 8.87. The molecule has 3 fully saturated rings. The molecule has 0 unspecified atom stereocenters. The van der Waals surface area contributed by atoms with Crippen LogP contribution in [0.5, 0.6) is 0 Å². The molecule has 0 aromatic heterocycles. The first-order valence-electron chi connectivity index (χ1n) is 8.60. The molecular weight excluding hydrogens is 276 g/mol. The summed E-state index contributed by atoms with van der Waals surface area (Å²) in [7, 11) is 0. The first kappa shape index (κ1) is 16.0. The van der Waals surface area contributed by atoms with Crippen LogP contribution in [-0.2, 0) is 14.3 Å². The third kappa shape index (κ3) is 2.16. The van der Waals surface area contributed by atoms with Crippen molar-refractivity contribution in [1.29, 1.82) is 0 Å². The maximum atomic E-state index is 12.2. The monoisotopic (exact) mass is 306 g/mol. The maximum absolute atomic E-state index is 12.2. The van der Waals surface area contributed by atoms with Gasteiger partial charge in [0.05, 0.1) is 17.6 Å². The molecule has 2 aliphatic heterocycles. The number of hydrogen-bond donors (Lipinski definition) is 0. The van der Waals surface area contributed by atoms with E-state index in [2.05, 4.69) is 41.2 Å². The summed E-state index contributed by atoms with van der Waals surface area (Å²) in [6.07, 6.45) is 6.63. The van der Waals surface area contributed by atoms with Crippen LogP contribution in [0.15, 0.2) is 12.7 Å². The molecule has 0 aromatic carbocycles. The minimum Gasteiger partial charge on any atom is -0.459 e. The molecule has 124 valence electrons. The molecule has 5 atom stereocenters. The van der Waals surface area contributed by atoms with Gasteiger partial charge in [-0.2, -0.15) is 0 Å². The van der Waals surface area contributed by atoms with Crippen molar-refractivity contribution in [2.75, 3.05) is 0 Å². The number of cyclic esters (lactones) is 1. The number of fused-ring (bicyclic) bond motifs is 3. The SMILES string of the molecule is C=C[C@@]1(C)CC[C@H]2[C@]3(C)CC(=O)OC(C)(C)[C@H]3CC[C@]2(C)O1. The van der Waals surface area contributed by atoms with Crippen molar-refractivity contribution in [3.63, 3.8) is 0 Å². The summed E-state index contributed by atoms with van der Waals surface area (Å²) in [6, 6.07) is 0. The summed E-state index contributed by atoms with van der Waals surface area (Å²) >= 11 is 0. The van der Waals surface area contributed by atoms with Gasteiger partial charge in [-0.3, -0.25) is 4.79 Å². The van der Waals surface area contributed by atoms with Crippen LogP contribution in [-0.4, -0.2) is 22.8 Å². The predicted octanol–water partition coefficient (Wildman–Crippen LogP) is 4.26. The van der Waals surface area contributed by atoms with Crippen LogP contribution in [0.1, 0.15) is 66.7 Å². The van der Waals surface area contributed by atoms with Gasteiger partial charge in [-0.15, -0.1) is 6.58 Å². The Bertz CT molecular complexity index is 511. The highest BCUT2D eigenvalue weighted by atomic mass is 16.6. The van der Waals surface area contributed by atoms with Gasteiger partial charge in [0.15, 0.2) is 0 Å². The Morgan fingerprint density at radius 1 is 1.09 bits per heavy atom. The smallest absolute Gasteiger partial charge is 0.306 e. The van der Waals surface area contributed by atoms with Gasteiger partial charge in [-0.25, -0.2) is 0 Å². The number of esters is 1. The molecule has 2 heterocycles. The van der Waals surface area contributed by atoms with E-state index in [-0.39, 0.29) is 28.2 Å². The third-order valence-electron chi connectivity index (χ3n) is 6.83. The fourth-order valence-electron chi connectivity index (χ4n) is 5.89. The van der Waals surface area contributed by atoms with Crippen molar-refractivity contribution >= 4 is 5.97 Å². The van der Waals surface area contributed by atoms with E-state index in [0.717, 1.165) is 25.7 Å². The number of carbonyl (C=O) groups excluding carboxylic acids is 1. The zero-order valence-corrected chi connectivity index (χ0v) is 14.7. The number of ether oxygens (including phenoxy) is 2. The Morgan fingerprint density at radius 2 is 1.73 bits per heavy atom. The average molecular weight is 306 g/mol. The van der Waals surface area contributed by atoms with Gasteiger partial charge in [-0.1, -0.05) is 13.0 Å². The molecule has 1 aliphatic carbocycles. The zero-order valence-electron chi connectivity index (χ0n) is 14.7. The Kier molecular flexibility index (Phi) is 3.35. The van der Waals surface area contributed by atoms with Gasteiger partial charge in [0.2, 0.25) is 0 Å². The summed E-state index contributed by atoms with van der Waals surface area (Å²) in [5, 5.41) is 0. The second-order valence-electron chi connectivity index (χ2n) is 8.87. The molecule has 3 nitrogen and oxygen atoms in total. The van der Waals surface area contributed by atoms with Gasteiger partial charge in [0.25, 0.3) is 0 Å². The molecule has 3 rings (SSSR count). The van der Waals surface area contributed by atoms with Crippen LogP contribution in [0, 0.1) is 17.3 Å². The van der Waals surface area contributed by atoms with E-state index in [1.807, 2.05) is 6.08 Å². The average Bonchev–Trinajstić information content (AvgIpc) is 2.35. The first-order valence-corrected chi connectivity index (χ1v) is 8.60. The fourth-order valence-corrected chi connectivity index (χ4v) is 5.89. The van der Waals surface area contributed by atoms with E-state index in [1.54, 1.807) is 0 Å². The van der Waals surface area contributed by atoms with Crippen molar-refractivity contribution in [3.8, 4) is 0 Å². The van der Waals surface area contributed by atoms with E-state index in [9.17, 15) is 4.79 Å². The van der Waals surface area contributed by atoms with E-state index in [1.165, 1.54) is 0 Å². The normalized spacial score (nSPS) is 50.5. The second kappa shape index (κ2) is 4.59. The fraction of sp³-hybridized carbons (Fsp3) is 0.842. The molecule has 1 saturated carbocycles. The van der Waals surface area contributed by atoms with Crippen LogP contribution in [0.4, 0.5) is 0 Å². The molecule has 0 amide bonds. The van der Waals surface area contributed by atoms with E-state index in [4.69, 9.17) is 9.47 Å². The molecular formula is C19H30O3. The lowest BCUT2D eigenvalue weighted by atomic mass is 9.48. The van der Waals surface area contributed by atoms with Crippen LogP contribution in [0.25, 0.3) is 0 Å². The molecule has 2 saturated heterocycles. The number of rotatable bonds is 1. The minimum atomic E-state index is -0.370. The number of hydrogen-bond acceptors (Lipinski definition) is 3. The maximum Gasteiger partial charge on any atom is 0.306 e. The molecule has 22 heavy (non-hydrogen) atoms. The Labute approximate surface area is 134 Å². The molecule has 0 bridgehead atoms. The van der Waals surface area contributed by atoms with E-state index in [0.29, 0.717) is 18.3 Å². The molecule has 3 aliphatic rings. The van der Waals surface area contributed by atoms with Crippen LogP contribution < -0.4 is 0 Å². The summed E-state index contributed by atoms with van der Waals surface area (Å²) in [4.78, 5) is 12.2. The van der Waals surface area contributed by atoms with Crippen LogP contribution in [0.3, 0.4) is 0 Å². The van der Waals surface area contributed by atoms with Crippen molar-refractivity contribution in [1.82, 2.24) is 0 Å². The number of carbonyl (C=O) groups is 1. The van der Waals surface area contributed by atoms with Gasteiger partial charge in [0.1, 0.15) is 5.60 Å². The summed E-state index contributed by atoms with van der Waals surface area (Å²) in [6.45, 7) is 14.8. The lowest BCUT2D eigenvalue weighted by Gasteiger charge is -2.64. The van der Waals surface area contributed by atoms with E-state index < -0.39 is 0 Å². The zero-order chi connectivity index (χ0) is 16.4.